The molecule has 2 nitrogen and oxygen atoms in total. The maximum atomic E-state index is 3.59. The van der Waals surface area contributed by atoms with Crippen LogP contribution in [0.25, 0.3) is 0 Å². The van der Waals surface area contributed by atoms with Crippen LogP contribution in [0.15, 0.2) is 22.7 Å². The van der Waals surface area contributed by atoms with Crippen LogP contribution in [0.3, 0.4) is 0 Å². The zero-order valence-corrected chi connectivity index (χ0v) is 13.1. The van der Waals surface area contributed by atoms with Crippen molar-refractivity contribution in [1.29, 1.82) is 0 Å². The monoisotopic (exact) mass is 310 g/mol. The van der Waals surface area contributed by atoms with Gasteiger partial charge in [0.05, 0.1) is 0 Å². The van der Waals surface area contributed by atoms with Crippen LogP contribution >= 0.6 is 15.9 Å². The van der Waals surface area contributed by atoms with Gasteiger partial charge in [0.15, 0.2) is 0 Å². The molecule has 0 aromatic heterocycles. The minimum absolute atomic E-state index is 0.788. The van der Waals surface area contributed by atoms with E-state index in [0.29, 0.717) is 0 Å². The van der Waals surface area contributed by atoms with E-state index in [0.717, 1.165) is 24.9 Å². The second-order valence-electron chi connectivity index (χ2n) is 5.41. The Hall–Kier alpha value is -0.540. The van der Waals surface area contributed by atoms with Crippen LogP contribution in [0.2, 0.25) is 0 Å². The van der Waals surface area contributed by atoms with Crippen molar-refractivity contribution < 1.29 is 0 Å². The second-order valence-corrected chi connectivity index (χ2v) is 6.33. The Morgan fingerprint density at radius 3 is 2.56 bits per heavy atom. The van der Waals surface area contributed by atoms with Crippen LogP contribution < -0.4 is 10.2 Å². The molecule has 0 spiro atoms. The predicted octanol–water partition coefficient (Wildman–Crippen LogP) is 3.65. The molecule has 1 heterocycles. The fourth-order valence-electron chi connectivity index (χ4n) is 2.57. The van der Waals surface area contributed by atoms with Gasteiger partial charge in [0.1, 0.15) is 0 Å². The first-order valence-electron chi connectivity index (χ1n) is 6.86. The summed E-state index contributed by atoms with van der Waals surface area (Å²) in [6.07, 6.45) is 0. The Balaban J connectivity index is 2.22. The van der Waals surface area contributed by atoms with E-state index in [2.05, 4.69) is 65.1 Å². The van der Waals surface area contributed by atoms with Gasteiger partial charge in [0.25, 0.3) is 0 Å². The average molecular weight is 311 g/mol. The van der Waals surface area contributed by atoms with Crippen LogP contribution in [-0.2, 0) is 6.54 Å². The van der Waals surface area contributed by atoms with Crippen molar-refractivity contribution in [3.63, 3.8) is 0 Å². The zero-order valence-electron chi connectivity index (χ0n) is 11.5. The van der Waals surface area contributed by atoms with Crippen molar-refractivity contribution in [3.8, 4) is 0 Å². The Kier molecular flexibility index (Phi) is 4.68. The van der Waals surface area contributed by atoms with Crippen molar-refractivity contribution >= 4 is 21.6 Å². The van der Waals surface area contributed by atoms with Crippen molar-refractivity contribution in [2.75, 3.05) is 24.5 Å². The molecule has 0 saturated carbocycles. The molecule has 0 amide bonds. The van der Waals surface area contributed by atoms with E-state index >= 15 is 0 Å². The van der Waals surface area contributed by atoms with Gasteiger partial charge >= 0.3 is 0 Å². The van der Waals surface area contributed by atoms with Gasteiger partial charge in [-0.1, -0.05) is 42.8 Å². The van der Waals surface area contributed by atoms with E-state index in [1.54, 1.807) is 0 Å². The molecular weight excluding hydrogens is 288 g/mol. The Bertz CT molecular complexity index is 395. The van der Waals surface area contributed by atoms with Gasteiger partial charge < -0.3 is 10.2 Å². The van der Waals surface area contributed by atoms with Crippen LogP contribution in [0.1, 0.15) is 26.3 Å². The smallest absolute Gasteiger partial charge is 0.0423 e. The molecular formula is C15H23BrN2. The lowest BCUT2D eigenvalue weighted by molar-refractivity contribution is 0.494. The van der Waals surface area contributed by atoms with Gasteiger partial charge in [0, 0.05) is 29.8 Å². The van der Waals surface area contributed by atoms with Gasteiger partial charge in [-0.15, -0.1) is 0 Å². The summed E-state index contributed by atoms with van der Waals surface area (Å²) in [6, 6.07) is 6.63. The van der Waals surface area contributed by atoms with Gasteiger partial charge in [-0.3, -0.25) is 0 Å². The lowest BCUT2D eigenvalue weighted by Gasteiger charge is -2.22. The number of halogens is 1. The van der Waals surface area contributed by atoms with Gasteiger partial charge in [-0.2, -0.15) is 0 Å². The highest BCUT2D eigenvalue weighted by Gasteiger charge is 2.27. The molecule has 2 atom stereocenters. The Morgan fingerprint density at radius 1 is 1.28 bits per heavy atom. The lowest BCUT2D eigenvalue weighted by atomic mass is 10.0. The summed E-state index contributed by atoms with van der Waals surface area (Å²) in [5.74, 6) is 1.58. The molecule has 100 valence electrons. The topological polar surface area (TPSA) is 15.3 Å². The molecule has 1 aromatic rings. The third kappa shape index (κ3) is 3.07. The molecule has 1 N–H and O–H groups in total. The Labute approximate surface area is 119 Å². The molecule has 1 fully saturated rings. The summed E-state index contributed by atoms with van der Waals surface area (Å²) in [4.78, 5) is 2.53. The van der Waals surface area contributed by atoms with Crippen LogP contribution in [0.5, 0.6) is 0 Å². The number of nitrogens with zero attached hydrogens (tertiary/aromatic N) is 1. The summed E-state index contributed by atoms with van der Waals surface area (Å²) in [7, 11) is 0. The van der Waals surface area contributed by atoms with Crippen molar-refractivity contribution in [3.05, 3.63) is 28.2 Å². The van der Waals surface area contributed by atoms with Crippen molar-refractivity contribution in [2.45, 2.75) is 27.3 Å². The molecule has 3 heteroatoms. The third-order valence-corrected chi connectivity index (χ3v) is 4.43. The Morgan fingerprint density at radius 2 is 1.94 bits per heavy atom. The molecule has 2 rings (SSSR count). The average Bonchev–Trinajstić information content (AvgIpc) is 2.68. The fourth-order valence-corrected chi connectivity index (χ4v) is 2.92. The molecule has 1 saturated heterocycles. The van der Waals surface area contributed by atoms with Gasteiger partial charge in [-0.05, 0) is 36.1 Å². The first-order chi connectivity index (χ1) is 8.61. The zero-order chi connectivity index (χ0) is 13.1. The molecule has 1 aliphatic heterocycles. The number of benzene rings is 1. The molecule has 1 aliphatic rings. The quantitative estimate of drug-likeness (QED) is 0.913. The van der Waals surface area contributed by atoms with Gasteiger partial charge in [-0.25, -0.2) is 0 Å². The molecule has 0 aliphatic carbocycles. The maximum absolute atomic E-state index is 3.59. The van der Waals surface area contributed by atoms with E-state index in [1.165, 1.54) is 28.8 Å². The molecule has 0 bridgehead atoms. The molecule has 18 heavy (non-hydrogen) atoms. The largest absolute Gasteiger partial charge is 0.371 e. The van der Waals surface area contributed by atoms with Crippen molar-refractivity contribution in [1.82, 2.24) is 5.32 Å². The standard InChI is InChI=1S/C15H23BrN2/c1-4-17-8-13-5-6-14(16)7-15(13)18-9-11(2)12(3)10-18/h5-7,11-12,17H,4,8-10H2,1-3H3. The summed E-state index contributed by atoms with van der Waals surface area (Å²) in [5, 5.41) is 3.43. The maximum Gasteiger partial charge on any atom is 0.0423 e. The number of rotatable bonds is 4. The number of hydrogen-bond donors (Lipinski definition) is 1. The second kappa shape index (κ2) is 6.07. The third-order valence-electron chi connectivity index (χ3n) is 3.94. The number of nitrogens with one attached hydrogen (secondary N) is 1. The lowest BCUT2D eigenvalue weighted by Crippen LogP contribution is -2.23. The predicted molar refractivity (Wildman–Crippen MR) is 82.1 cm³/mol. The van der Waals surface area contributed by atoms with E-state index in [4.69, 9.17) is 0 Å². The number of hydrogen-bond acceptors (Lipinski definition) is 2. The molecule has 0 radical (unpaired) electrons. The summed E-state index contributed by atoms with van der Waals surface area (Å²) < 4.78 is 1.17. The number of anilines is 1. The van der Waals surface area contributed by atoms with E-state index < -0.39 is 0 Å². The molecule has 1 aromatic carbocycles. The normalized spacial score (nSPS) is 23.7. The van der Waals surface area contributed by atoms with Gasteiger partial charge in [0.2, 0.25) is 0 Å². The van der Waals surface area contributed by atoms with Crippen molar-refractivity contribution in [2.24, 2.45) is 11.8 Å². The highest BCUT2D eigenvalue weighted by atomic mass is 79.9. The first-order valence-corrected chi connectivity index (χ1v) is 7.65. The highest BCUT2D eigenvalue weighted by molar-refractivity contribution is 9.10. The summed E-state index contributed by atoms with van der Waals surface area (Å²) in [5.41, 5.74) is 2.79. The minimum atomic E-state index is 0.788. The molecule has 2 unspecified atom stereocenters. The summed E-state index contributed by atoms with van der Waals surface area (Å²) in [6.45, 7) is 11.2. The highest BCUT2D eigenvalue weighted by Crippen LogP contribution is 2.32. The van der Waals surface area contributed by atoms with E-state index in [1.807, 2.05) is 0 Å². The fraction of sp³-hybridized carbons (Fsp3) is 0.600. The van der Waals surface area contributed by atoms with Crippen LogP contribution in [-0.4, -0.2) is 19.6 Å². The van der Waals surface area contributed by atoms with Crippen LogP contribution in [0, 0.1) is 11.8 Å². The first kappa shape index (κ1) is 13.9. The van der Waals surface area contributed by atoms with E-state index in [9.17, 15) is 0 Å². The van der Waals surface area contributed by atoms with Crippen LogP contribution in [0.4, 0.5) is 5.69 Å². The SMILES string of the molecule is CCNCc1ccc(Br)cc1N1CC(C)C(C)C1. The minimum Gasteiger partial charge on any atom is -0.371 e. The summed E-state index contributed by atoms with van der Waals surface area (Å²) >= 11 is 3.59. The van der Waals surface area contributed by atoms with E-state index in [-0.39, 0.29) is 0 Å².